The number of hydrogen-bond donors (Lipinski definition) is 3. The van der Waals surface area contributed by atoms with Crippen molar-refractivity contribution in [3.63, 3.8) is 0 Å². The highest BCUT2D eigenvalue weighted by molar-refractivity contribution is 7.73. The maximum Gasteiger partial charge on any atom is 0.265 e. The first kappa shape index (κ1) is 19.2. The normalized spacial score (nSPS) is 11.3. The van der Waals surface area contributed by atoms with Gasteiger partial charge in [-0.2, -0.15) is 0 Å². The Morgan fingerprint density at radius 2 is 2.04 bits per heavy atom. The van der Waals surface area contributed by atoms with Gasteiger partial charge < -0.3 is 15.6 Å². The minimum Gasteiger partial charge on any atom is -0.352 e. The zero-order valence-electron chi connectivity index (χ0n) is 15.2. The monoisotopic (exact) mass is 404 g/mol. The minimum atomic E-state index is -0.336. The molecular formula is C18H20N4O3S2. The van der Waals surface area contributed by atoms with Crippen molar-refractivity contribution in [2.24, 2.45) is 0 Å². The number of aromatic amines is 1. The van der Waals surface area contributed by atoms with Gasteiger partial charge in [-0.25, -0.2) is 0 Å². The number of H-pyrrole nitrogens is 1. The Bertz CT molecular complexity index is 1160. The molecule has 0 aliphatic rings. The molecule has 0 saturated heterocycles. The van der Waals surface area contributed by atoms with Gasteiger partial charge in [0.25, 0.3) is 17.4 Å². The molecule has 0 aliphatic carbocycles. The van der Waals surface area contributed by atoms with Crippen LogP contribution in [0.2, 0.25) is 0 Å². The Balaban J connectivity index is 2.24. The summed E-state index contributed by atoms with van der Waals surface area (Å²) in [6.07, 6.45) is 0.827. The van der Waals surface area contributed by atoms with E-state index in [1.165, 1.54) is 0 Å². The number of hydrogen-bond acceptors (Lipinski definition) is 5. The molecule has 0 fully saturated rings. The third kappa shape index (κ3) is 3.65. The first-order valence-electron chi connectivity index (χ1n) is 8.64. The van der Waals surface area contributed by atoms with Crippen molar-refractivity contribution in [2.45, 2.75) is 33.2 Å². The summed E-state index contributed by atoms with van der Waals surface area (Å²) in [5.41, 5.74) is 0.940. The highest BCUT2D eigenvalue weighted by atomic mass is 32.1. The molecule has 7 nitrogen and oxygen atoms in total. The van der Waals surface area contributed by atoms with Crippen molar-refractivity contribution in [3.05, 3.63) is 42.9 Å². The number of benzene rings is 1. The second-order valence-electron chi connectivity index (χ2n) is 6.45. The Hall–Kier alpha value is -2.52. The number of amides is 2. The van der Waals surface area contributed by atoms with Crippen LogP contribution in [0.1, 0.15) is 47.2 Å². The summed E-state index contributed by atoms with van der Waals surface area (Å²) in [6, 6.07) is 4.79. The smallest absolute Gasteiger partial charge is 0.265 e. The summed E-state index contributed by atoms with van der Waals surface area (Å²) >= 11 is 6.56. The van der Waals surface area contributed by atoms with E-state index in [4.69, 9.17) is 12.2 Å². The lowest BCUT2D eigenvalue weighted by Crippen LogP contribution is -2.30. The largest absolute Gasteiger partial charge is 0.352 e. The average molecular weight is 405 g/mol. The van der Waals surface area contributed by atoms with E-state index in [1.54, 1.807) is 22.6 Å². The molecule has 1 aromatic carbocycles. The third-order valence-corrected chi connectivity index (χ3v) is 5.32. The van der Waals surface area contributed by atoms with E-state index >= 15 is 0 Å². The van der Waals surface area contributed by atoms with Gasteiger partial charge in [0.2, 0.25) is 0 Å². The predicted molar refractivity (Wildman–Crippen MR) is 109 cm³/mol. The maximum absolute atomic E-state index is 12.5. The summed E-state index contributed by atoms with van der Waals surface area (Å²) in [7, 11) is 0. The lowest BCUT2D eigenvalue weighted by molar-refractivity contribution is 0.0942. The zero-order chi connectivity index (χ0) is 19.7. The van der Waals surface area contributed by atoms with Gasteiger partial charge in [0.05, 0.1) is 10.9 Å². The van der Waals surface area contributed by atoms with Crippen molar-refractivity contribution in [1.29, 1.82) is 0 Å². The van der Waals surface area contributed by atoms with E-state index < -0.39 is 0 Å². The summed E-state index contributed by atoms with van der Waals surface area (Å²) in [5, 5.41) is 6.03. The van der Waals surface area contributed by atoms with Crippen molar-refractivity contribution < 1.29 is 9.59 Å². The molecule has 142 valence electrons. The lowest BCUT2D eigenvalue weighted by atomic mass is 10.1. The second kappa shape index (κ2) is 7.61. The number of fused-ring (bicyclic) bond motifs is 3. The van der Waals surface area contributed by atoms with Crippen LogP contribution in [0.25, 0.3) is 16.6 Å². The van der Waals surface area contributed by atoms with Crippen LogP contribution in [0.3, 0.4) is 0 Å². The molecule has 9 heteroatoms. The molecule has 0 aliphatic heterocycles. The fourth-order valence-corrected chi connectivity index (χ4v) is 4.04. The number of carbonyl (C=O) groups is 2. The number of nitrogens with one attached hydrogen (secondary N) is 3. The molecule has 2 heterocycles. The number of nitrogens with zero attached hydrogens (tertiary/aromatic N) is 1. The highest BCUT2D eigenvalue weighted by Crippen LogP contribution is 2.23. The van der Waals surface area contributed by atoms with Crippen molar-refractivity contribution in [2.75, 3.05) is 6.54 Å². The molecule has 0 unspecified atom stereocenters. The molecule has 0 atom stereocenters. The fraction of sp³-hybridized carbons (Fsp3) is 0.333. The fourth-order valence-electron chi connectivity index (χ4n) is 2.75. The van der Waals surface area contributed by atoms with Crippen molar-refractivity contribution in [1.82, 2.24) is 20.0 Å². The zero-order valence-corrected chi connectivity index (χ0v) is 16.8. The molecule has 3 N–H and O–H groups in total. The SMILES string of the molecule is CCCNC(=O)c1ccc2c(=O)[nH]c3c(C(=O)NC(C)C)sc(=S)n3c2c1. The second-order valence-corrected chi connectivity index (χ2v) is 8.10. The van der Waals surface area contributed by atoms with Gasteiger partial charge in [0.15, 0.2) is 3.95 Å². The maximum atomic E-state index is 12.5. The quantitative estimate of drug-likeness (QED) is 0.570. The van der Waals surface area contributed by atoms with Gasteiger partial charge in [-0.15, -0.1) is 0 Å². The molecule has 27 heavy (non-hydrogen) atoms. The first-order chi connectivity index (χ1) is 12.8. The van der Waals surface area contributed by atoms with Crippen LogP contribution in [0.5, 0.6) is 0 Å². The highest BCUT2D eigenvalue weighted by Gasteiger charge is 2.19. The van der Waals surface area contributed by atoms with E-state index in [1.807, 2.05) is 20.8 Å². The van der Waals surface area contributed by atoms with E-state index in [0.717, 1.165) is 17.8 Å². The molecule has 2 amide bonds. The molecule has 3 rings (SSSR count). The average Bonchev–Trinajstić information content (AvgIpc) is 2.95. The van der Waals surface area contributed by atoms with E-state index in [9.17, 15) is 14.4 Å². The van der Waals surface area contributed by atoms with Crippen LogP contribution < -0.4 is 16.2 Å². The molecule has 0 saturated carbocycles. The molecular weight excluding hydrogens is 384 g/mol. The topological polar surface area (TPSA) is 95.5 Å². The van der Waals surface area contributed by atoms with Gasteiger partial charge >= 0.3 is 0 Å². The minimum absolute atomic E-state index is 0.0470. The lowest BCUT2D eigenvalue weighted by Gasteiger charge is -2.08. The van der Waals surface area contributed by atoms with Crippen LogP contribution in [0.15, 0.2) is 23.0 Å². The summed E-state index contributed by atoms with van der Waals surface area (Å²) in [5.74, 6) is -0.512. The molecule has 0 spiro atoms. The van der Waals surface area contributed by atoms with Gasteiger partial charge in [-0.3, -0.25) is 18.8 Å². The predicted octanol–water partition coefficient (Wildman–Crippen LogP) is 2.85. The van der Waals surface area contributed by atoms with Crippen LogP contribution >= 0.6 is 23.6 Å². The van der Waals surface area contributed by atoms with Gasteiger partial charge in [-0.1, -0.05) is 18.3 Å². The molecule has 3 aromatic rings. The van der Waals surface area contributed by atoms with Gasteiger partial charge in [0.1, 0.15) is 10.5 Å². The van der Waals surface area contributed by atoms with E-state index in [0.29, 0.717) is 37.5 Å². The van der Waals surface area contributed by atoms with Crippen LogP contribution in [0.4, 0.5) is 0 Å². The Labute approximate surface area is 164 Å². The summed E-state index contributed by atoms with van der Waals surface area (Å²) < 4.78 is 2.06. The Morgan fingerprint density at radius 3 is 2.70 bits per heavy atom. The van der Waals surface area contributed by atoms with E-state index in [-0.39, 0.29) is 23.4 Å². The first-order valence-corrected chi connectivity index (χ1v) is 9.86. The van der Waals surface area contributed by atoms with Crippen LogP contribution in [-0.4, -0.2) is 33.8 Å². The third-order valence-electron chi connectivity index (χ3n) is 3.95. The standard InChI is InChI=1S/C18H20N4O3S2/c1-4-7-19-15(23)10-5-6-11-12(8-10)22-14(21-16(11)24)13(27-18(22)26)17(25)20-9(2)3/h5-6,8-9H,4,7H2,1-3H3,(H,19,23)(H,20,25)(H,21,24). The van der Waals surface area contributed by atoms with Crippen LogP contribution in [-0.2, 0) is 0 Å². The number of carbonyl (C=O) groups excluding carboxylic acids is 2. The van der Waals surface area contributed by atoms with Crippen LogP contribution in [0, 0.1) is 3.95 Å². The van der Waals surface area contributed by atoms with E-state index in [2.05, 4.69) is 15.6 Å². The molecule has 2 aromatic heterocycles. The Kier molecular flexibility index (Phi) is 5.43. The molecule has 0 bridgehead atoms. The summed E-state index contributed by atoms with van der Waals surface area (Å²) in [6.45, 7) is 6.25. The number of rotatable bonds is 5. The van der Waals surface area contributed by atoms with Gasteiger partial charge in [-0.05, 0) is 50.7 Å². The summed E-state index contributed by atoms with van der Waals surface area (Å²) in [4.78, 5) is 40.4. The number of aromatic nitrogens is 2. The molecule has 0 radical (unpaired) electrons. The van der Waals surface area contributed by atoms with Gasteiger partial charge in [0, 0.05) is 18.2 Å². The van der Waals surface area contributed by atoms with Crippen molar-refractivity contribution >= 4 is 51.9 Å². The van der Waals surface area contributed by atoms with Crippen molar-refractivity contribution in [3.8, 4) is 0 Å². The Morgan fingerprint density at radius 1 is 1.30 bits per heavy atom. The number of thiazole rings is 1.